The van der Waals surface area contributed by atoms with Crippen LogP contribution in [0.2, 0.25) is 0 Å². The van der Waals surface area contributed by atoms with E-state index in [1.165, 1.54) is 44.6 Å². The fourth-order valence-electron chi connectivity index (χ4n) is 2.23. The molecule has 0 aliphatic carbocycles. The first-order valence-electron chi connectivity index (χ1n) is 7.40. The van der Waals surface area contributed by atoms with Crippen LogP contribution in [0.1, 0.15) is 64.0 Å². The highest BCUT2D eigenvalue weighted by atomic mass is 16.3. The lowest BCUT2D eigenvalue weighted by Crippen LogP contribution is -2.19. The highest BCUT2D eigenvalue weighted by Gasteiger charge is 2.09. The minimum Gasteiger partial charge on any atom is -0.508 e. The Morgan fingerprint density at radius 3 is 2.42 bits per heavy atom. The van der Waals surface area contributed by atoms with Gasteiger partial charge in [-0.25, -0.2) is 0 Å². The molecule has 3 heteroatoms. The van der Waals surface area contributed by atoms with Crippen LogP contribution in [0.4, 0.5) is 0 Å². The molecule has 0 fully saturated rings. The van der Waals surface area contributed by atoms with Crippen LogP contribution in [-0.4, -0.2) is 16.8 Å². The zero-order valence-corrected chi connectivity index (χ0v) is 12.2. The normalized spacial score (nSPS) is 12.5. The minimum absolute atomic E-state index is 0.101. The molecule has 0 aliphatic rings. The number of unbranched alkanes of at least 4 members (excludes halogenated alkanes) is 5. The lowest BCUT2D eigenvalue weighted by molar-refractivity contribution is 0.434. The van der Waals surface area contributed by atoms with Gasteiger partial charge in [-0.3, -0.25) is 0 Å². The van der Waals surface area contributed by atoms with Gasteiger partial charge in [0, 0.05) is 17.7 Å². The second-order valence-electron chi connectivity index (χ2n) is 5.19. The van der Waals surface area contributed by atoms with Gasteiger partial charge in [0.15, 0.2) is 0 Å². The summed E-state index contributed by atoms with van der Waals surface area (Å²) in [5.74, 6) is 0.257. The topological polar surface area (TPSA) is 52.5 Å². The molecule has 1 aromatic carbocycles. The van der Waals surface area contributed by atoms with Crippen molar-refractivity contribution in [2.75, 3.05) is 6.54 Å². The molecular formula is C16H27NO2. The molecule has 1 unspecified atom stereocenters. The third kappa shape index (κ3) is 5.97. The summed E-state index contributed by atoms with van der Waals surface area (Å²) in [6.45, 7) is 5.23. The Hall–Kier alpha value is -1.22. The molecule has 108 valence electrons. The van der Waals surface area contributed by atoms with E-state index < -0.39 is 0 Å². The summed E-state index contributed by atoms with van der Waals surface area (Å²) in [6.07, 6.45) is 7.72. The van der Waals surface area contributed by atoms with Crippen LogP contribution in [0.3, 0.4) is 0 Å². The van der Waals surface area contributed by atoms with E-state index in [1.807, 2.05) is 6.92 Å². The van der Waals surface area contributed by atoms with Crippen molar-refractivity contribution < 1.29 is 10.2 Å². The Balaban J connectivity index is 2.22. The maximum atomic E-state index is 9.76. The fourth-order valence-corrected chi connectivity index (χ4v) is 2.23. The van der Waals surface area contributed by atoms with Crippen LogP contribution in [0.25, 0.3) is 0 Å². The second-order valence-corrected chi connectivity index (χ2v) is 5.19. The molecule has 0 saturated carbocycles. The van der Waals surface area contributed by atoms with Gasteiger partial charge in [-0.1, -0.05) is 45.1 Å². The number of aromatic hydroxyl groups is 2. The molecule has 0 radical (unpaired) electrons. The summed E-state index contributed by atoms with van der Waals surface area (Å²) >= 11 is 0. The van der Waals surface area contributed by atoms with E-state index in [9.17, 15) is 10.2 Å². The average molecular weight is 265 g/mol. The number of rotatable bonds is 9. The first-order valence-corrected chi connectivity index (χ1v) is 7.40. The first-order chi connectivity index (χ1) is 9.15. The van der Waals surface area contributed by atoms with Gasteiger partial charge in [-0.05, 0) is 26.0 Å². The van der Waals surface area contributed by atoms with Gasteiger partial charge in [0.1, 0.15) is 11.5 Å². The Morgan fingerprint density at radius 2 is 1.74 bits per heavy atom. The number of phenols is 2. The Labute approximate surface area is 116 Å². The molecule has 1 atom stereocenters. The smallest absolute Gasteiger partial charge is 0.124 e. The lowest BCUT2D eigenvalue weighted by Gasteiger charge is -2.15. The maximum absolute atomic E-state index is 9.76. The van der Waals surface area contributed by atoms with Crippen molar-refractivity contribution in [3.8, 4) is 11.5 Å². The number of phenolic OH excluding ortho intramolecular Hbond substituents is 2. The third-order valence-corrected chi connectivity index (χ3v) is 3.46. The predicted octanol–water partition coefficient (Wildman–Crippen LogP) is 4.11. The van der Waals surface area contributed by atoms with E-state index in [0.717, 1.165) is 12.1 Å². The molecular weight excluding hydrogens is 238 g/mol. The molecule has 0 spiro atoms. The van der Waals surface area contributed by atoms with E-state index in [0.29, 0.717) is 0 Å². The molecule has 19 heavy (non-hydrogen) atoms. The first kappa shape index (κ1) is 15.8. The van der Waals surface area contributed by atoms with Crippen molar-refractivity contribution >= 4 is 0 Å². The van der Waals surface area contributed by atoms with E-state index in [1.54, 1.807) is 12.1 Å². The average Bonchev–Trinajstić information content (AvgIpc) is 2.37. The van der Waals surface area contributed by atoms with Crippen LogP contribution in [-0.2, 0) is 0 Å². The molecule has 0 heterocycles. The third-order valence-electron chi connectivity index (χ3n) is 3.46. The molecule has 0 bridgehead atoms. The van der Waals surface area contributed by atoms with Gasteiger partial charge in [-0.2, -0.15) is 0 Å². The monoisotopic (exact) mass is 265 g/mol. The summed E-state index contributed by atoms with van der Waals surface area (Å²) in [5, 5.41) is 22.4. The van der Waals surface area contributed by atoms with Gasteiger partial charge in [-0.15, -0.1) is 0 Å². The summed E-state index contributed by atoms with van der Waals surface area (Å²) in [6, 6.07) is 4.87. The van der Waals surface area contributed by atoms with E-state index >= 15 is 0 Å². The van der Waals surface area contributed by atoms with Crippen molar-refractivity contribution in [3.63, 3.8) is 0 Å². The van der Waals surface area contributed by atoms with Crippen molar-refractivity contribution in [1.29, 1.82) is 0 Å². The summed E-state index contributed by atoms with van der Waals surface area (Å²) in [7, 11) is 0. The van der Waals surface area contributed by atoms with Crippen LogP contribution < -0.4 is 5.32 Å². The van der Waals surface area contributed by atoms with Crippen molar-refractivity contribution in [3.05, 3.63) is 23.8 Å². The van der Waals surface area contributed by atoms with Crippen LogP contribution in [0.5, 0.6) is 11.5 Å². The summed E-state index contributed by atoms with van der Waals surface area (Å²) in [4.78, 5) is 0. The molecule has 1 aromatic rings. The van der Waals surface area contributed by atoms with Gasteiger partial charge in [0.25, 0.3) is 0 Å². The molecule has 1 rings (SSSR count). The van der Waals surface area contributed by atoms with Crippen LogP contribution in [0, 0.1) is 0 Å². The highest BCUT2D eigenvalue weighted by Crippen LogP contribution is 2.27. The SMILES string of the molecule is CCCCCCCCNC(C)c1ccc(O)cc1O. The molecule has 0 saturated heterocycles. The van der Waals surface area contributed by atoms with E-state index in [-0.39, 0.29) is 17.5 Å². The highest BCUT2D eigenvalue weighted by molar-refractivity contribution is 5.40. The van der Waals surface area contributed by atoms with Crippen LogP contribution >= 0.6 is 0 Å². The largest absolute Gasteiger partial charge is 0.508 e. The Kier molecular flexibility index (Phi) is 7.34. The van der Waals surface area contributed by atoms with Crippen molar-refractivity contribution in [2.24, 2.45) is 0 Å². The van der Waals surface area contributed by atoms with Gasteiger partial charge in [0.2, 0.25) is 0 Å². The number of hydrogen-bond acceptors (Lipinski definition) is 3. The zero-order chi connectivity index (χ0) is 14.1. The Morgan fingerprint density at radius 1 is 1.05 bits per heavy atom. The van der Waals surface area contributed by atoms with Crippen molar-refractivity contribution in [2.45, 2.75) is 58.4 Å². The fraction of sp³-hybridized carbons (Fsp3) is 0.625. The van der Waals surface area contributed by atoms with Crippen LogP contribution in [0.15, 0.2) is 18.2 Å². The molecule has 3 N–H and O–H groups in total. The maximum Gasteiger partial charge on any atom is 0.124 e. The molecule has 0 aromatic heterocycles. The number of benzene rings is 1. The van der Waals surface area contributed by atoms with Gasteiger partial charge < -0.3 is 15.5 Å². The lowest BCUT2D eigenvalue weighted by atomic mass is 10.1. The summed E-state index contributed by atoms with van der Waals surface area (Å²) < 4.78 is 0. The number of nitrogens with one attached hydrogen (secondary N) is 1. The standard InChI is InChI=1S/C16H27NO2/c1-3-4-5-6-7-8-11-17-13(2)15-10-9-14(18)12-16(15)19/h9-10,12-13,17-19H,3-8,11H2,1-2H3. The minimum atomic E-state index is 0.101. The zero-order valence-electron chi connectivity index (χ0n) is 12.2. The van der Waals surface area contributed by atoms with Gasteiger partial charge >= 0.3 is 0 Å². The second kappa shape index (κ2) is 8.81. The van der Waals surface area contributed by atoms with E-state index in [2.05, 4.69) is 12.2 Å². The van der Waals surface area contributed by atoms with Gasteiger partial charge in [0.05, 0.1) is 0 Å². The Bertz CT molecular complexity index is 366. The summed E-state index contributed by atoms with van der Waals surface area (Å²) in [5.41, 5.74) is 0.837. The molecule has 0 aliphatic heterocycles. The quantitative estimate of drug-likeness (QED) is 0.589. The molecule has 3 nitrogen and oxygen atoms in total. The predicted molar refractivity (Wildman–Crippen MR) is 79.6 cm³/mol. The van der Waals surface area contributed by atoms with E-state index in [4.69, 9.17) is 0 Å². The van der Waals surface area contributed by atoms with Crippen molar-refractivity contribution in [1.82, 2.24) is 5.32 Å². The number of hydrogen-bond donors (Lipinski definition) is 3. The molecule has 0 amide bonds.